The molecule has 4 nitrogen and oxygen atoms in total. The highest BCUT2D eigenvalue weighted by Gasteiger charge is 2.65. The summed E-state index contributed by atoms with van der Waals surface area (Å²) in [6.45, 7) is 8.50. The van der Waals surface area contributed by atoms with Crippen molar-refractivity contribution in [3.05, 3.63) is 23.8 Å². The minimum Gasteiger partial charge on any atom is -0.396 e. The van der Waals surface area contributed by atoms with Crippen LogP contribution in [0.15, 0.2) is 23.8 Å². The van der Waals surface area contributed by atoms with Crippen LogP contribution in [0.5, 0.6) is 0 Å². The molecule has 31 heavy (non-hydrogen) atoms. The van der Waals surface area contributed by atoms with Crippen molar-refractivity contribution in [3.63, 3.8) is 0 Å². The maximum absolute atomic E-state index is 12.0. The Bertz CT molecular complexity index is 765. The zero-order valence-electron chi connectivity index (χ0n) is 19.8. The Hall–Kier alpha value is -0.970. The first-order valence-electron chi connectivity index (χ1n) is 12.5. The summed E-state index contributed by atoms with van der Waals surface area (Å²) in [5, 5.41) is 33.4. The Balaban J connectivity index is 1.65. The number of aliphatic hydroxyl groups is 3. The molecular formula is C27H42O4. The van der Waals surface area contributed by atoms with Crippen LogP contribution < -0.4 is 0 Å². The van der Waals surface area contributed by atoms with E-state index in [-0.39, 0.29) is 29.6 Å². The maximum Gasteiger partial charge on any atom is 0.155 e. The second kappa shape index (κ2) is 8.11. The molecule has 4 rings (SSSR count). The van der Waals surface area contributed by atoms with E-state index in [1.807, 2.05) is 25.2 Å². The standard InChI is InChI=1S/C27H42O4/c1-17(2)6-5-11-26(4,31)24-23(30)15-22-20-8-7-18-14-19(29)9-12-25(18,3)21(20)10-13-27(22,24)16-28/h5,11,14,17,20-24,28,30-31H,6-10,12-13,15-16H2,1-4H3. The average Bonchev–Trinajstić information content (AvgIpc) is 3.01. The zero-order chi connectivity index (χ0) is 22.6. The van der Waals surface area contributed by atoms with Gasteiger partial charge in [-0.15, -0.1) is 0 Å². The lowest BCUT2D eigenvalue weighted by molar-refractivity contribution is -0.132. The van der Waals surface area contributed by atoms with Gasteiger partial charge >= 0.3 is 0 Å². The van der Waals surface area contributed by atoms with Crippen LogP contribution in [0.1, 0.15) is 79.1 Å². The number of fused-ring (bicyclic) bond motifs is 5. The van der Waals surface area contributed by atoms with Gasteiger partial charge in [0.15, 0.2) is 5.78 Å². The van der Waals surface area contributed by atoms with Gasteiger partial charge in [0, 0.05) is 24.4 Å². The molecule has 0 spiro atoms. The molecule has 0 radical (unpaired) electrons. The fraction of sp³-hybridized carbons (Fsp3) is 0.815. The van der Waals surface area contributed by atoms with E-state index < -0.39 is 17.1 Å². The first kappa shape index (κ1) is 23.2. The van der Waals surface area contributed by atoms with Crippen LogP contribution >= 0.6 is 0 Å². The van der Waals surface area contributed by atoms with Crippen LogP contribution in [0.25, 0.3) is 0 Å². The summed E-state index contributed by atoms with van der Waals surface area (Å²) in [6.07, 6.45) is 12.2. The number of hydrogen-bond acceptors (Lipinski definition) is 4. The molecule has 3 saturated carbocycles. The van der Waals surface area contributed by atoms with E-state index in [1.165, 1.54) is 5.57 Å². The Kier molecular flexibility index (Phi) is 6.07. The van der Waals surface area contributed by atoms with E-state index in [0.717, 1.165) is 38.5 Å². The highest BCUT2D eigenvalue weighted by Crippen LogP contribution is 2.67. The monoisotopic (exact) mass is 430 g/mol. The van der Waals surface area contributed by atoms with Crippen LogP contribution in [-0.2, 0) is 4.79 Å². The molecule has 0 heterocycles. The zero-order valence-corrected chi connectivity index (χ0v) is 19.8. The smallest absolute Gasteiger partial charge is 0.155 e. The van der Waals surface area contributed by atoms with E-state index in [9.17, 15) is 20.1 Å². The minimum atomic E-state index is -1.14. The van der Waals surface area contributed by atoms with E-state index in [1.54, 1.807) is 0 Å². The van der Waals surface area contributed by atoms with Gasteiger partial charge in [-0.25, -0.2) is 0 Å². The minimum absolute atomic E-state index is 0.0225. The average molecular weight is 431 g/mol. The number of ketones is 1. The molecule has 4 heteroatoms. The van der Waals surface area contributed by atoms with Crippen molar-refractivity contribution in [2.45, 2.75) is 90.8 Å². The third kappa shape index (κ3) is 3.67. The molecule has 0 aromatic rings. The molecule has 0 amide bonds. The van der Waals surface area contributed by atoms with Crippen molar-refractivity contribution in [2.24, 2.45) is 40.4 Å². The number of carbonyl (C=O) groups excluding carboxylic acids is 1. The molecule has 0 aromatic heterocycles. The van der Waals surface area contributed by atoms with Gasteiger partial charge < -0.3 is 15.3 Å². The lowest BCUT2D eigenvalue weighted by Gasteiger charge is -2.59. The Morgan fingerprint density at radius 1 is 1.23 bits per heavy atom. The fourth-order valence-corrected chi connectivity index (χ4v) is 8.33. The second-order valence-corrected chi connectivity index (χ2v) is 11.9. The van der Waals surface area contributed by atoms with E-state index in [0.29, 0.717) is 30.6 Å². The van der Waals surface area contributed by atoms with Gasteiger partial charge in [-0.1, -0.05) is 38.5 Å². The van der Waals surface area contributed by atoms with Gasteiger partial charge in [-0.05, 0) is 87.0 Å². The summed E-state index contributed by atoms with van der Waals surface area (Å²) < 4.78 is 0. The van der Waals surface area contributed by atoms with E-state index in [2.05, 4.69) is 20.8 Å². The fourth-order valence-electron chi connectivity index (χ4n) is 8.33. The predicted octanol–water partition coefficient (Wildman–Crippen LogP) is 4.43. The van der Waals surface area contributed by atoms with Crippen molar-refractivity contribution in [3.8, 4) is 0 Å². The van der Waals surface area contributed by atoms with E-state index >= 15 is 0 Å². The molecule has 0 saturated heterocycles. The lowest BCUT2D eigenvalue weighted by Crippen LogP contribution is -2.56. The van der Waals surface area contributed by atoms with Crippen LogP contribution in [0.3, 0.4) is 0 Å². The van der Waals surface area contributed by atoms with Gasteiger partial charge in [-0.2, -0.15) is 0 Å². The van der Waals surface area contributed by atoms with Gasteiger partial charge in [0.25, 0.3) is 0 Å². The second-order valence-electron chi connectivity index (χ2n) is 11.9. The molecule has 8 atom stereocenters. The number of carbonyl (C=O) groups is 1. The maximum atomic E-state index is 12.0. The van der Waals surface area contributed by atoms with Crippen LogP contribution in [0.2, 0.25) is 0 Å². The highest BCUT2D eigenvalue weighted by molar-refractivity contribution is 5.91. The largest absolute Gasteiger partial charge is 0.396 e. The normalized spacial score (nSPS) is 44.6. The molecule has 4 aliphatic carbocycles. The molecule has 0 aliphatic heterocycles. The summed E-state index contributed by atoms with van der Waals surface area (Å²) in [5.74, 6) is 1.59. The van der Waals surface area contributed by atoms with Crippen LogP contribution in [0, 0.1) is 40.4 Å². The first-order valence-corrected chi connectivity index (χ1v) is 12.5. The quantitative estimate of drug-likeness (QED) is 0.564. The number of hydrogen-bond donors (Lipinski definition) is 3. The number of aliphatic hydroxyl groups excluding tert-OH is 2. The Morgan fingerprint density at radius 2 is 1.97 bits per heavy atom. The molecule has 8 unspecified atom stereocenters. The summed E-state index contributed by atoms with van der Waals surface area (Å²) in [4.78, 5) is 12.0. The summed E-state index contributed by atoms with van der Waals surface area (Å²) in [6, 6.07) is 0. The van der Waals surface area contributed by atoms with Crippen molar-refractivity contribution in [1.29, 1.82) is 0 Å². The molecule has 3 N–H and O–H groups in total. The predicted molar refractivity (Wildman–Crippen MR) is 122 cm³/mol. The lowest BCUT2D eigenvalue weighted by atomic mass is 9.46. The summed E-state index contributed by atoms with van der Waals surface area (Å²) in [7, 11) is 0. The van der Waals surface area contributed by atoms with Gasteiger partial charge in [0.1, 0.15) is 0 Å². The highest BCUT2D eigenvalue weighted by atomic mass is 16.3. The number of rotatable bonds is 5. The van der Waals surface area contributed by atoms with Gasteiger partial charge in [0.05, 0.1) is 11.7 Å². The van der Waals surface area contributed by atoms with Crippen molar-refractivity contribution < 1.29 is 20.1 Å². The number of allylic oxidation sites excluding steroid dienone is 2. The van der Waals surface area contributed by atoms with Gasteiger partial charge in [0.2, 0.25) is 0 Å². The molecular weight excluding hydrogens is 388 g/mol. The van der Waals surface area contributed by atoms with Crippen molar-refractivity contribution >= 4 is 5.78 Å². The van der Waals surface area contributed by atoms with Crippen molar-refractivity contribution in [2.75, 3.05) is 6.61 Å². The van der Waals surface area contributed by atoms with Gasteiger partial charge in [-0.3, -0.25) is 4.79 Å². The molecule has 4 aliphatic rings. The molecule has 0 aromatic carbocycles. The first-order chi connectivity index (χ1) is 14.5. The molecule has 3 fully saturated rings. The molecule has 0 bridgehead atoms. The van der Waals surface area contributed by atoms with E-state index in [4.69, 9.17) is 0 Å². The Labute approximate surface area is 187 Å². The summed E-state index contributed by atoms with van der Waals surface area (Å²) in [5.41, 5.74) is -0.171. The third-order valence-electron chi connectivity index (χ3n) is 9.70. The van der Waals surface area contributed by atoms with Crippen LogP contribution in [-0.4, -0.2) is 39.4 Å². The third-order valence-corrected chi connectivity index (χ3v) is 9.70. The van der Waals surface area contributed by atoms with Crippen molar-refractivity contribution in [1.82, 2.24) is 0 Å². The Morgan fingerprint density at radius 3 is 2.65 bits per heavy atom. The molecule has 174 valence electrons. The van der Waals surface area contributed by atoms with Crippen LogP contribution in [0.4, 0.5) is 0 Å². The SMILES string of the molecule is CC(C)CC=CC(C)(O)C1C(O)CC2C3CCC4=CC(=O)CCC4(C)C3CCC21CO. The summed E-state index contributed by atoms with van der Waals surface area (Å²) >= 11 is 0. The topological polar surface area (TPSA) is 77.8 Å².